The molecular formula is C28H43N3O2. The molecule has 0 aromatic heterocycles. The topological polar surface area (TPSA) is 87.4 Å². The molecule has 0 unspecified atom stereocenters. The number of nitrogens with one attached hydrogen (secondary N) is 2. The van der Waals surface area contributed by atoms with Crippen LogP contribution in [-0.4, -0.2) is 35.7 Å². The highest BCUT2D eigenvalue weighted by Crippen LogP contribution is 2.15. The third kappa shape index (κ3) is 10.9. The van der Waals surface area contributed by atoms with Crippen LogP contribution < -0.4 is 16.4 Å². The summed E-state index contributed by atoms with van der Waals surface area (Å²) in [5.74, 6) is 0.573. The maximum absolute atomic E-state index is 12.1. The van der Waals surface area contributed by atoms with Crippen LogP contribution in [-0.2, 0) is 17.6 Å². The molecule has 0 saturated heterocycles. The van der Waals surface area contributed by atoms with Crippen LogP contribution in [0.15, 0.2) is 54.6 Å². The first-order valence-electron chi connectivity index (χ1n) is 12.5. The fourth-order valence-corrected chi connectivity index (χ4v) is 4.27. The highest BCUT2D eigenvalue weighted by atomic mass is 16.3. The Morgan fingerprint density at radius 3 is 2.27 bits per heavy atom. The van der Waals surface area contributed by atoms with Gasteiger partial charge in [-0.25, -0.2) is 0 Å². The molecule has 0 aliphatic carbocycles. The van der Waals surface area contributed by atoms with Crippen molar-refractivity contribution >= 4 is 5.91 Å². The molecule has 0 aliphatic rings. The monoisotopic (exact) mass is 453 g/mol. The molecule has 2 aromatic carbocycles. The van der Waals surface area contributed by atoms with E-state index in [1.54, 1.807) is 12.1 Å². The molecule has 33 heavy (non-hydrogen) atoms. The van der Waals surface area contributed by atoms with Crippen molar-refractivity contribution in [2.75, 3.05) is 6.54 Å². The van der Waals surface area contributed by atoms with Crippen LogP contribution in [0.4, 0.5) is 0 Å². The number of rotatable bonds is 16. The van der Waals surface area contributed by atoms with Gasteiger partial charge in [0.2, 0.25) is 5.91 Å². The molecule has 5 nitrogen and oxygen atoms in total. The van der Waals surface area contributed by atoms with Crippen molar-refractivity contribution in [1.82, 2.24) is 10.6 Å². The van der Waals surface area contributed by atoms with Crippen molar-refractivity contribution in [3.8, 4) is 5.75 Å². The minimum absolute atomic E-state index is 0.0651. The molecule has 2 rings (SSSR count). The lowest BCUT2D eigenvalue weighted by molar-refractivity contribution is -0.120. The van der Waals surface area contributed by atoms with Crippen molar-refractivity contribution in [3.05, 3.63) is 65.7 Å². The van der Waals surface area contributed by atoms with Crippen molar-refractivity contribution in [3.63, 3.8) is 0 Å². The average Bonchev–Trinajstić information content (AvgIpc) is 2.79. The standard InChI is InChI=1S/C28H43N3O2/c1-4-5-11-27(28(29)33)31-25(19-23-13-16-26(32)17-14-23)20-30-24(18-21(2)3)15-12-22-9-7-6-8-10-22/h6-10,13-14,16-17,21,24-25,27,30-32H,4-5,11-12,15,18-20H2,1-3H3,(H2,29,33)/t24-,25+,27+/m1/s1. The van der Waals surface area contributed by atoms with E-state index in [1.165, 1.54) is 5.56 Å². The van der Waals surface area contributed by atoms with E-state index in [1.807, 2.05) is 12.1 Å². The summed E-state index contributed by atoms with van der Waals surface area (Å²) in [4.78, 5) is 12.1. The SMILES string of the molecule is CCCC[C@H](N[C@H](CN[C@H](CCc1ccccc1)CC(C)C)Cc1ccc(O)cc1)C(N)=O. The van der Waals surface area contributed by atoms with Crippen LogP contribution in [0, 0.1) is 5.92 Å². The number of carbonyl (C=O) groups is 1. The molecule has 5 heteroatoms. The third-order valence-corrected chi connectivity index (χ3v) is 6.08. The second-order valence-corrected chi connectivity index (χ2v) is 9.59. The van der Waals surface area contributed by atoms with E-state index < -0.39 is 0 Å². The molecule has 5 N–H and O–H groups in total. The summed E-state index contributed by atoms with van der Waals surface area (Å²) in [6.07, 6.45) is 6.73. The molecule has 2 aromatic rings. The second kappa shape index (κ2) is 14.7. The Bertz CT molecular complexity index is 793. The van der Waals surface area contributed by atoms with Gasteiger partial charge in [-0.1, -0.05) is 76.1 Å². The van der Waals surface area contributed by atoms with Gasteiger partial charge in [0.1, 0.15) is 5.75 Å². The zero-order chi connectivity index (χ0) is 24.1. The number of primary amides is 1. The van der Waals surface area contributed by atoms with Crippen molar-refractivity contribution in [2.45, 2.75) is 83.8 Å². The second-order valence-electron chi connectivity index (χ2n) is 9.59. The number of carbonyl (C=O) groups excluding carboxylic acids is 1. The fraction of sp³-hybridized carbons (Fsp3) is 0.536. The number of unbranched alkanes of at least 4 members (excludes halogenated alkanes) is 1. The zero-order valence-corrected chi connectivity index (χ0v) is 20.6. The highest BCUT2D eigenvalue weighted by Gasteiger charge is 2.21. The van der Waals surface area contributed by atoms with Gasteiger partial charge in [0, 0.05) is 18.6 Å². The first-order chi connectivity index (χ1) is 15.9. The smallest absolute Gasteiger partial charge is 0.234 e. The van der Waals surface area contributed by atoms with Crippen molar-refractivity contribution in [1.29, 1.82) is 0 Å². The molecule has 0 saturated carbocycles. The fourth-order valence-electron chi connectivity index (χ4n) is 4.27. The van der Waals surface area contributed by atoms with Crippen LogP contribution in [0.2, 0.25) is 0 Å². The summed E-state index contributed by atoms with van der Waals surface area (Å²) >= 11 is 0. The number of hydrogen-bond acceptors (Lipinski definition) is 4. The number of phenols is 1. The Labute approximate surface area is 200 Å². The highest BCUT2D eigenvalue weighted by molar-refractivity contribution is 5.79. The molecule has 0 fully saturated rings. The summed E-state index contributed by atoms with van der Waals surface area (Å²) in [6.45, 7) is 7.40. The van der Waals surface area contributed by atoms with Gasteiger partial charge in [-0.2, -0.15) is 0 Å². The first kappa shape index (κ1) is 26.9. The van der Waals surface area contributed by atoms with E-state index in [4.69, 9.17) is 5.73 Å². The molecule has 1 amide bonds. The Hall–Kier alpha value is -2.37. The van der Waals surface area contributed by atoms with E-state index in [9.17, 15) is 9.90 Å². The maximum Gasteiger partial charge on any atom is 0.234 e. The van der Waals surface area contributed by atoms with Gasteiger partial charge >= 0.3 is 0 Å². The minimum atomic E-state index is -0.332. The van der Waals surface area contributed by atoms with E-state index in [0.717, 1.165) is 57.1 Å². The normalized spacial score (nSPS) is 14.2. The van der Waals surface area contributed by atoms with Gasteiger partial charge in [0.25, 0.3) is 0 Å². The molecule has 0 radical (unpaired) electrons. The predicted molar refractivity (Wildman–Crippen MR) is 137 cm³/mol. The van der Waals surface area contributed by atoms with Gasteiger partial charge in [-0.3, -0.25) is 4.79 Å². The molecular weight excluding hydrogens is 410 g/mol. The van der Waals surface area contributed by atoms with Gasteiger partial charge in [0.05, 0.1) is 6.04 Å². The summed E-state index contributed by atoms with van der Waals surface area (Å²) in [5, 5.41) is 17.0. The van der Waals surface area contributed by atoms with Gasteiger partial charge in [0.15, 0.2) is 0 Å². The summed E-state index contributed by atoms with van der Waals surface area (Å²) in [5.41, 5.74) is 8.20. The van der Waals surface area contributed by atoms with E-state index in [0.29, 0.717) is 12.0 Å². The number of amides is 1. The number of phenolic OH excluding ortho intramolecular Hbond substituents is 1. The van der Waals surface area contributed by atoms with Crippen LogP contribution in [0.5, 0.6) is 5.75 Å². The van der Waals surface area contributed by atoms with Gasteiger partial charge in [-0.05, 0) is 61.3 Å². The Morgan fingerprint density at radius 1 is 0.970 bits per heavy atom. The Morgan fingerprint density at radius 2 is 1.67 bits per heavy atom. The van der Waals surface area contributed by atoms with E-state index in [-0.39, 0.29) is 23.7 Å². The lowest BCUT2D eigenvalue weighted by Gasteiger charge is -2.28. The minimum Gasteiger partial charge on any atom is -0.508 e. The summed E-state index contributed by atoms with van der Waals surface area (Å²) in [7, 11) is 0. The molecule has 0 spiro atoms. The zero-order valence-electron chi connectivity index (χ0n) is 20.6. The van der Waals surface area contributed by atoms with Crippen molar-refractivity contribution < 1.29 is 9.90 Å². The lowest BCUT2D eigenvalue weighted by atomic mass is 9.96. The van der Waals surface area contributed by atoms with Gasteiger partial charge in [-0.15, -0.1) is 0 Å². The molecule has 3 atom stereocenters. The Balaban J connectivity index is 2.06. The third-order valence-electron chi connectivity index (χ3n) is 6.08. The first-order valence-corrected chi connectivity index (χ1v) is 12.5. The molecule has 0 heterocycles. The number of benzene rings is 2. The number of hydrogen-bond donors (Lipinski definition) is 4. The van der Waals surface area contributed by atoms with Crippen LogP contribution in [0.1, 0.15) is 64.0 Å². The van der Waals surface area contributed by atoms with E-state index in [2.05, 4.69) is 61.7 Å². The van der Waals surface area contributed by atoms with Gasteiger partial charge < -0.3 is 21.5 Å². The predicted octanol–water partition coefficient (Wildman–Crippen LogP) is 4.57. The van der Waals surface area contributed by atoms with E-state index >= 15 is 0 Å². The van der Waals surface area contributed by atoms with Crippen LogP contribution >= 0.6 is 0 Å². The number of aryl methyl sites for hydroxylation is 1. The molecule has 0 bridgehead atoms. The Kier molecular flexibility index (Phi) is 12.0. The average molecular weight is 454 g/mol. The quantitative estimate of drug-likeness (QED) is 0.300. The maximum atomic E-state index is 12.1. The molecule has 0 aliphatic heterocycles. The number of nitrogens with two attached hydrogens (primary N) is 1. The van der Waals surface area contributed by atoms with Crippen molar-refractivity contribution in [2.24, 2.45) is 11.7 Å². The summed E-state index contributed by atoms with van der Waals surface area (Å²) < 4.78 is 0. The van der Waals surface area contributed by atoms with Crippen LogP contribution in [0.3, 0.4) is 0 Å². The largest absolute Gasteiger partial charge is 0.508 e. The lowest BCUT2D eigenvalue weighted by Crippen LogP contribution is -2.52. The van der Waals surface area contributed by atoms with Crippen LogP contribution in [0.25, 0.3) is 0 Å². The summed E-state index contributed by atoms with van der Waals surface area (Å²) in [6, 6.07) is 18.1. The number of aromatic hydroxyl groups is 1. The molecule has 182 valence electrons.